The lowest BCUT2D eigenvalue weighted by atomic mass is 10.1. The molecule has 0 aliphatic heterocycles. The third kappa shape index (κ3) is 3.56. The van der Waals surface area contributed by atoms with Gasteiger partial charge in [-0.15, -0.1) is 10.2 Å². The van der Waals surface area contributed by atoms with E-state index in [-0.39, 0.29) is 5.78 Å². The van der Waals surface area contributed by atoms with Crippen LogP contribution in [-0.2, 0) is 0 Å². The lowest BCUT2D eigenvalue weighted by molar-refractivity contribution is 0.0982. The molecule has 3 rings (SSSR count). The first-order valence-electron chi connectivity index (χ1n) is 6.95. The van der Waals surface area contributed by atoms with Crippen LogP contribution >= 0.6 is 27.7 Å². The molecule has 0 spiro atoms. The quantitative estimate of drug-likeness (QED) is 0.367. The van der Waals surface area contributed by atoms with Crippen LogP contribution in [0.5, 0.6) is 0 Å². The molecule has 2 heterocycles. The third-order valence-electron chi connectivity index (χ3n) is 3.23. The van der Waals surface area contributed by atoms with Crippen LogP contribution in [0, 0.1) is 0 Å². The summed E-state index contributed by atoms with van der Waals surface area (Å²) >= 11 is 5.00. The highest BCUT2D eigenvalue weighted by atomic mass is 79.9. The van der Waals surface area contributed by atoms with Crippen molar-refractivity contribution >= 4 is 39.1 Å². The standard InChI is InChI=1S/C16H14BrN3OS/c17-13-8-6-12(7-9-13)14(21)4-3-11-22-16-19-18-15-5-1-2-10-20(15)16/h1-2,5-10H,3-4,11H2. The Morgan fingerprint density at radius 3 is 2.77 bits per heavy atom. The zero-order valence-electron chi connectivity index (χ0n) is 11.8. The lowest BCUT2D eigenvalue weighted by Gasteiger charge is -2.02. The SMILES string of the molecule is O=C(CCCSc1nnc2ccccn12)c1ccc(Br)cc1. The molecular formula is C16H14BrN3OS. The molecule has 6 heteroatoms. The number of aromatic nitrogens is 3. The normalized spacial score (nSPS) is 11.0. The van der Waals surface area contributed by atoms with Crippen LogP contribution in [0.25, 0.3) is 5.65 Å². The van der Waals surface area contributed by atoms with Gasteiger partial charge in [0.1, 0.15) is 0 Å². The fourth-order valence-corrected chi connectivity index (χ4v) is 3.22. The molecule has 2 aromatic heterocycles. The number of hydrogen-bond donors (Lipinski definition) is 0. The smallest absolute Gasteiger partial charge is 0.195 e. The van der Waals surface area contributed by atoms with Crippen molar-refractivity contribution < 1.29 is 4.79 Å². The van der Waals surface area contributed by atoms with Crippen LogP contribution in [0.2, 0.25) is 0 Å². The molecule has 3 aromatic rings. The molecule has 22 heavy (non-hydrogen) atoms. The second kappa shape index (κ2) is 7.07. The van der Waals surface area contributed by atoms with Crippen LogP contribution in [-0.4, -0.2) is 26.1 Å². The van der Waals surface area contributed by atoms with Crippen LogP contribution in [0.1, 0.15) is 23.2 Å². The number of rotatable bonds is 6. The van der Waals surface area contributed by atoms with E-state index in [0.717, 1.165) is 33.0 Å². The summed E-state index contributed by atoms with van der Waals surface area (Å²) in [4.78, 5) is 12.1. The van der Waals surface area contributed by atoms with E-state index in [1.54, 1.807) is 11.8 Å². The summed E-state index contributed by atoms with van der Waals surface area (Å²) in [6.07, 6.45) is 3.32. The molecular weight excluding hydrogens is 362 g/mol. The van der Waals surface area contributed by atoms with Crippen molar-refractivity contribution in [2.45, 2.75) is 18.0 Å². The number of halogens is 1. The molecule has 0 bridgehead atoms. The molecule has 0 radical (unpaired) electrons. The summed E-state index contributed by atoms with van der Waals surface area (Å²) in [7, 11) is 0. The van der Waals surface area contributed by atoms with Gasteiger partial charge in [-0.25, -0.2) is 0 Å². The summed E-state index contributed by atoms with van der Waals surface area (Å²) in [5.41, 5.74) is 1.61. The number of fused-ring (bicyclic) bond motifs is 1. The molecule has 4 nitrogen and oxygen atoms in total. The summed E-state index contributed by atoms with van der Waals surface area (Å²) in [6.45, 7) is 0. The van der Waals surface area contributed by atoms with Gasteiger partial charge in [-0.05, 0) is 30.7 Å². The van der Waals surface area contributed by atoms with Gasteiger partial charge >= 0.3 is 0 Å². The summed E-state index contributed by atoms with van der Waals surface area (Å²) in [6, 6.07) is 13.3. The van der Waals surface area contributed by atoms with E-state index in [1.807, 2.05) is 53.1 Å². The van der Waals surface area contributed by atoms with Crippen molar-refractivity contribution in [1.29, 1.82) is 0 Å². The number of thioether (sulfide) groups is 1. The average Bonchev–Trinajstić information content (AvgIpc) is 2.95. The van der Waals surface area contributed by atoms with Crippen molar-refractivity contribution in [2.75, 3.05) is 5.75 Å². The highest BCUT2D eigenvalue weighted by molar-refractivity contribution is 9.10. The van der Waals surface area contributed by atoms with Gasteiger partial charge in [0.2, 0.25) is 0 Å². The molecule has 0 N–H and O–H groups in total. The zero-order chi connectivity index (χ0) is 15.4. The number of Topliss-reactive ketones (excluding diaryl/α,β-unsaturated/α-hetero) is 1. The van der Waals surface area contributed by atoms with Gasteiger partial charge < -0.3 is 0 Å². The van der Waals surface area contributed by atoms with Crippen LogP contribution in [0.3, 0.4) is 0 Å². The molecule has 0 atom stereocenters. The van der Waals surface area contributed by atoms with E-state index in [4.69, 9.17) is 0 Å². The maximum absolute atomic E-state index is 12.1. The number of ketones is 1. The summed E-state index contributed by atoms with van der Waals surface area (Å²) in [5.74, 6) is 1.03. The Kier molecular flexibility index (Phi) is 4.90. The first kappa shape index (κ1) is 15.2. The first-order chi connectivity index (χ1) is 10.7. The predicted octanol–water partition coefficient (Wildman–Crippen LogP) is 4.25. The molecule has 0 fully saturated rings. The van der Waals surface area contributed by atoms with Gasteiger partial charge in [0, 0.05) is 28.4 Å². The number of carbonyl (C=O) groups is 1. The average molecular weight is 376 g/mol. The highest BCUT2D eigenvalue weighted by Crippen LogP contribution is 2.19. The van der Waals surface area contributed by atoms with E-state index < -0.39 is 0 Å². The topological polar surface area (TPSA) is 47.3 Å². The van der Waals surface area contributed by atoms with E-state index in [0.29, 0.717) is 6.42 Å². The van der Waals surface area contributed by atoms with Crippen molar-refractivity contribution in [3.63, 3.8) is 0 Å². The summed E-state index contributed by atoms with van der Waals surface area (Å²) < 4.78 is 2.94. The van der Waals surface area contributed by atoms with E-state index >= 15 is 0 Å². The monoisotopic (exact) mass is 375 g/mol. The van der Waals surface area contributed by atoms with E-state index in [2.05, 4.69) is 26.1 Å². The Bertz CT molecular complexity index is 785. The van der Waals surface area contributed by atoms with Gasteiger partial charge in [-0.2, -0.15) is 0 Å². The molecule has 1 aromatic carbocycles. The van der Waals surface area contributed by atoms with Crippen LogP contribution in [0.4, 0.5) is 0 Å². The largest absolute Gasteiger partial charge is 0.294 e. The van der Waals surface area contributed by atoms with Crippen LogP contribution in [0.15, 0.2) is 58.3 Å². The van der Waals surface area contributed by atoms with Gasteiger partial charge in [0.05, 0.1) is 0 Å². The second-order valence-electron chi connectivity index (χ2n) is 4.79. The molecule has 0 saturated carbocycles. The van der Waals surface area contributed by atoms with Crippen molar-refractivity contribution in [2.24, 2.45) is 0 Å². The number of carbonyl (C=O) groups excluding carboxylic acids is 1. The first-order valence-corrected chi connectivity index (χ1v) is 8.73. The Morgan fingerprint density at radius 1 is 1.14 bits per heavy atom. The fourth-order valence-electron chi connectivity index (χ4n) is 2.09. The molecule has 0 unspecified atom stereocenters. The molecule has 112 valence electrons. The van der Waals surface area contributed by atoms with Crippen LogP contribution < -0.4 is 0 Å². The minimum Gasteiger partial charge on any atom is -0.294 e. The Balaban J connectivity index is 1.51. The fraction of sp³-hybridized carbons (Fsp3) is 0.188. The third-order valence-corrected chi connectivity index (χ3v) is 4.79. The van der Waals surface area contributed by atoms with Crippen molar-refractivity contribution in [1.82, 2.24) is 14.6 Å². The van der Waals surface area contributed by atoms with Gasteiger partial charge in [0.25, 0.3) is 0 Å². The number of nitrogens with zero attached hydrogens (tertiary/aromatic N) is 3. The summed E-state index contributed by atoms with van der Waals surface area (Å²) in [5, 5.41) is 9.14. The van der Waals surface area contributed by atoms with Crippen molar-refractivity contribution in [3.8, 4) is 0 Å². The molecule has 0 aliphatic rings. The number of hydrogen-bond acceptors (Lipinski definition) is 4. The minimum atomic E-state index is 0.180. The maximum Gasteiger partial charge on any atom is 0.195 e. The minimum absolute atomic E-state index is 0.180. The van der Waals surface area contributed by atoms with E-state index in [1.165, 1.54) is 0 Å². The number of pyridine rings is 1. The lowest BCUT2D eigenvalue weighted by Crippen LogP contribution is -1.99. The Hall–Kier alpha value is -1.66. The maximum atomic E-state index is 12.1. The van der Waals surface area contributed by atoms with Gasteiger partial charge in [-0.1, -0.05) is 45.9 Å². The molecule has 0 amide bonds. The van der Waals surface area contributed by atoms with E-state index in [9.17, 15) is 4.79 Å². The van der Waals surface area contributed by atoms with Gasteiger partial charge in [0.15, 0.2) is 16.6 Å². The van der Waals surface area contributed by atoms with Crippen molar-refractivity contribution in [3.05, 3.63) is 58.7 Å². The Morgan fingerprint density at radius 2 is 1.95 bits per heavy atom. The highest BCUT2D eigenvalue weighted by Gasteiger charge is 2.08. The molecule has 0 saturated heterocycles. The van der Waals surface area contributed by atoms with Gasteiger partial charge in [-0.3, -0.25) is 9.20 Å². The predicted molar refractivity (Wildman–Crippen MR) is 91.4 cm³/mol. The Labute approximate surface area is 141 Å². The second-order valence-corrected chi connectivity index (χ2v) is 6.77. The number of benzene rings is 1. The molecule has 0 aliphatic carbocycles. The zero-order valence-corrected chi connectivity index (χ0v) is 14.2.